The molecule has 0 fully saturated rings. The molecule has 0 aliphatic carbocycles. The normalized spacial score (nSPS) is 12.0. The van der Waals surface area contributed by atoms with E-state index in [-0.39, 0.29) is 22.7 Å². The lowest BCUT2D eigenvalue weighted by atomic mass is 9.87. The second kappa shape index (κ2) is 9.85. The number of nitrogens with two attached hydrogens (primary N) is 1. The number of nitrogens with zero attached hydrogens (tertiary/aromatic N) is 4. The third-order valence-electron chi connectivity index (χ3n) is 6.34. The molecular weight excluding hydrogens is 460 g/mol. The second-order valence-electron chi connectivity index (χ2n) is 10.1. The van der Waals surface area contributed by atoms with Gasteiger partial charge in [-0.2, -0.15) is 9.78 Å². The summed E-state index contributed by atoms with van der Waals surface area (Å²) in [5.74, 6) is -0.100. The van der Waals surface area contributed by atoms with Crippen LogP contribution < -0.4 is 11.1 Å². The van der Waals surface area contributed by atoms with Gasteiger partial charge in [0, 0.05) is 6.54 Å². The number of anilines is 1. The van der Waals surface area contributed by atoms with Gasteiger partial charge < -0.3 is 11.1 Å². The van der Waals surface area contributed by atoms with E-state index < -0.39 is 0 Å². The van der Waals surface area contributed by atoms with Crippen molar-refractivity contribution < 1.29 is 4.79 Å². The molecule has 0 unspecified atom stereocenters. The molecule has 0 saturated heterocycles. The molecule has 0 aliphatic heterocycles. The average molecular weight is 491 g/mol. The minimum atomic E-state index is -0.300. The number of nitrogens with one attached hydrogen (secondary N) is 1. The maximum atomic E-state index is 13.3. The first-order chi connectivity index (χ1) is 17.8. The first kappa shape index (κ1) is 24.2. The first-order valence-electron chi connectivity index (χ1n) is 12.3. The molecule has 5 aromatic rings. The minimum Gasteiger partial charge on any atom is -0.383 e. The average Bonchev–Trinajstić information content (AvgIpc) is 3.16. The molecule has 0 spiro atoms. The van der Waals surface area contributed by atoms with Crippen LogP contribution in [0.4, 0.5) is 5.82 Å². The summed E-state index contributed by atoms with van der Waals surface area (Å²) in [4.78, 5) is 22.8. The monoisotopic (exact) mass is 490 g/mol. The Morgan fingerprint density at radius 1 is 0.946 bits per heavy atom. The van der Waals surface area contributed by atoms with E-state index in [1.807, 2.05) is 66.7 Å². The molecule has 0 bridgehead atoms. The molecule has 7 nitrogen and oxygen atoms in total. The molecule has 0 atom stereocenters. The van der Waals surface area contributed by atoms with Gasteiger partial charge in [-0.05, 0) is 40.7 Å². The number of carbonyl (C=O) groups excluding carboxylic acids is 1. The predicted molar refractivity (Wildman–Crippen MR) is 150 cm³/mol. The fourth-order valence-corrected chi connectivity index (χ4v) is 4.24. The van der Waals surface area contributed by atoms with Crippen LogP contribution in [-0.2, 0) is 11.8 Å². The van der Waals surface area contributed by atoms with Crippen molar-refractivity contribution in [2.75, 3.05) is 12.3 Å². The van der Waals surface area contributed by atoms with Crippen molar-refractivity contribution in [2.45, 2.75) is 32.6 Å². The summed E-state index contributed by atoms with van der Waals surface area (Å²) in [5, 5.41) is 7.60. The fourth-order valence-electron chi connectivity index (χ4n) is 4.24. The van der Waals surface area contributed by atoms with Crippen molar-refractivity contribution in [1.29, 1.82) is 0 Å². The molecule has 5 rings (SSSR count). The van der Waals surface area contributed by atoms with Crippen molar-refractivity contribution in [3.8, 4) is 0 Å². The van der Waals surface area contributed by atoms with Crippen LogP contribution >= 0.6 is 0 Å². The highest BCUT2D eigenvalue weighted by Crippen LogP contribution is 2.28. The number of fused-ring (bicyclic) bond motifs is 2. The molecule has 0 saturated carbocycles. The second-order valence-corrected chi connectivity index (χ2v) is 10.1. The van der Waals surface area contributed by atoms with Gasteiger partial charge in [-0.25, -0.2) is 9.97 Å². The van der Waals surface area contributed by atoms with Gasteiger partial charge in [-0.1, -0.05) is 87.5 Å². The summed E-state index contributed by atoms with van der Waals surface area (Å²) in [6.45, 7) is 7.01. The van der Waals surface area contributed by atoms with Crippen LogP contribution in [-0.4, -0.2) is 33.3 Å². The van der Waals surface area contributed by atoms with E-state index in [0.717, 1.165) is 11.1 Å². The molecule has 3 aromatic carbocycles. The van der Waals surface area contributed by atoms with Gasteiger partial charge in [0.1, 0.15) is 16.9 Å². The Labute approximate surface area is 216 Å². The third-order valence-corrected chi connectivity index (χ3v) is 6.34. The van der Waals surface area contributed by atoms with Crippen molar-refractivity contribution in [1.82, 2.24) is 20.0 Å². The van der Waals surface area contributed by atoms with Crippen molar-refractivity contribution >= 4 is 40.1 Å². The predicted octanol–water partition coefficient (Wildman–Crippen LogP) is 5.32. The largest absolute Gasteiger partial charge is 0.383 e. The molecule has 37 heavy (non-hydrogen) atoms. The van der Waals surface area contributed by atoms with E-state index in [1.165, 1.54) is 10.2 Å². The maximum Gasteiger partial charge on any atom is 0.257 e. The van der Waals surface area contributed by atoms with Crippen LogP contribution in [0.25, 0.3) is 22.2 Å². The summed E-state index contributed by atoms with van der Waals surface area (Å²) < 4.78 is 1.50. The molecular formula is C30H30N6O. The number of aromatic nitrogens is 3. The van der Waals surface area contributed by atoms with Crippen LogP contribution in [0.15, 0.2) is 84.0 Å². The Balaban J connectivity index is 1.51. The summed E-state index contributed by atoms with van der Waals surface area (Å²) in [6, 6.07) is 25.8. The Bertz CT molecular complexity index is 1600. The van der Waals surface area contributed by atoms with Gasteiger partial charge in [0.15, 0.2) is 5.65 Å². The summed E-state index contributed by atoms with van der Waals surface area (Å²) in [7, 11) is 0. The number of hydrogen-bond acceptors (Lipinski definition) is 5. The van der Waals surface area contributed by atoms with Gasteiger partial charge >= 0.3 is 0 Å². The van der Waals surface area contributed by atoms with Gasteiger partial charge in [0.25, 0.3) is 5.91 Å². The quantitative estimate of drug-likeness (QED) is 0.315. The van der Waals surface area contributed by atoms with E-state index in [1.54, 1.807) is 6.21 Å². The van der Waals surface area contributed by atoms with Gasteiger partial charge in [-0.3, -0.25) is 4.79 Å². The lowest BCUT2D eigenvalue weighted by Gasteiger charge is -2.18. The first-order valence-corrected chi connectivity index (χ1v) is 12.3. The number of amides is 1. The Kier molecular flexibility index (Phi) is 6.44. The fraction of sp³-hybridized carbons (Fsp3) is 0.200. The number of para-hydroxylation sites is 2. The topological polar surface area (TPSA) is 98.2 Å². The molecule has 0 aliphatic rings. The molecule has 0 radical (unpaired) electrons. The van der Waals surface area contributed by atoms with Crippen LogP contribution in [0.1, 0.15) is 47.8 Å². The van der Waals surface area contributed by atoms with E-state index in [9.17, 15) is 4.79 Å². The molecule has 2 aromatic heterocycles. The Morgan fingerprint density at radius 3 is 2.27 bits per heavy atom. The smallest absolute Gasteiger partial charge is 0.257 e. The molecule has 1 amide bonds. The van der Waals surface area contributed by atoms with Gasteiger partial charge in [0.05, 0.1) is 17.2 Å². The van der Waals surface area contributed by atoms with E-state index in [0.29, 0.717) is 35.2 Å². The Morgan fingerprint density at radius 2 is 1.59 bits per heavy atom. The van der Waals surface area contributed by atoms with Crippen LogP contribution in [0, 0.1) is 0 Å². The van der Waals surface area contributed by atoms with Crippen molar-refractivity contribution in [3.63, 3.8) is 0 Å². The summed E-state index contributed by atoms with van der Waals surface area (Å²) in [5.41, 5.74) is 12.4. The van der Waals surface area contributed by atoms with Gasteiger partial charge in [-0.15, -0.1) is 0 Å². The summed E-state index contributed by atoms with van der Waals surface area (Å²) in [6.07, 6.45) is 2.43. The number of rotatable bonds is 6. The maximum absolute atomic E-state index is 13.3. The summed E-state index contributed by atoms with van der Waals surface area (Å²) >= 11 is 0. The van der Waals surface area contributed by atoms with Crippen LogP contribution in [0.5, 0.6) is 0 Å². The Hall–Kier alpha value is -4.52. The van der Waals surface area contributed by atoms with Crippen molar-refractivity contribution in [3.05, 3.63) is 101 Å². The standard InChI is InChI=1S/C30H30N6O/c1-30(2,3)22-15-13-21(14-16-22)19-33-36-27(31)25(29(37)32-18-17-20-9-5-4-6-10-20)26-28(36)35-24-12-8-7-11-23(24)34-26/h4-16,19H,17-18,31H2,1-3H3,(H,32,37)/b33-19+. The lowest BCUT2D eigenvalue weighted by molar-refractivity contribution is 0.0956. The van der Waals surface area contributed by atoms with E-state index in [4.69, 9.17) is 15.7 Å². The molecule has 3 N–H and O–H groups in total. The zero-order valence-corrected chi connectivity index (χ0v) is 21.3. The van der Waals surface area contributed by atoms with Crippen LogP contribution in [0.3, 0.4) is 0 Å². The number of nitrogen functional groups attached to an aromatic ring is 1. The molecule has 186 valence electrons. The molecule has 2 heterocycles. The highest BCUT2D eigenvalue weighted by molar-refractivity contribution is 6.10. The van der Waals surface area contributed by atoms with E-state index >= 15 is 0 Å². The number of hydrogen-bond donors (Lipinski definition) is 2. The highest BCUT2D eigenvalue weighted by Gasteiger charge is 2.24. The van der Waals surface area contributed by atoms with Crippen LogP contribution in [0.2, 0.25) is 0 Å². The number of carbonyl (C=O) groups is 1. The number of benzene rings is 3. The molecule has 7 heteroatoms. The zero-order chi connectivity index (χ0) is 26.0. The lowest BCUT2D eigenvalue weighted by Crippen LogP contribution is -2.26. The van der Waals surface area contributed by atoms with Crippen molar-refractivity contribution in [2.24, 2.45) is 5.10 Å². The highest BCUT2D eigenvalue weighted by atomic mass is 16.1. The zero-order valence-electron chi connectivity index (χ0n) is 21.3. The minimum absolute atomic E-state index is 0.0656. The third kappa shape index (κ3) is 5.07. The van der Waals surface area contributed by atoms with Gasteiger partial charge in [0.2, 0.25) is 0 Å². The SMILES string of the molecule is CC(C)(C)c1ccc(/C=N/n2c(N)c(C(=O)NCCc3ccccc3)c3nc4ccccc4nc32)cc1. The van der Waals surface area contributed by atoms with E-state index in [2.05, 4.69) is 43.3 Å².